The minimum atomic E-state index is -0.315. The molecular weight excluding hydrogens is 463 g/mol. The van der Waals surface area contributed by atoms with E-state index < -0.39 is 0 Å². The summed E-state index contributed by atoms with van der Waals surface area (Å²) in [5.41, 5.74) is 1.71. The smallest absolute Gasteiger partial charge is 0.337 e. The van der Waals surface area contributed by atoms with Crippen molar-refractivity contribution in [1.82, 2.24) is 15.6 Å². The van der Waals surface area contributed by atoms with Gasteiger partial charge in [-0.1, -0.05) is 12.1 Å². The fourth-order valence-electron chi connectivity index (χ4n) is 2.28. The van der Waals surface area contributed by atoms with Gasteiger partial charge in [-0.15, -0.1) is 35.3 Å². The van der Waals surface area contributed by atoms with Gasteiger partial charge in [0.2, 0.25) is 0 Å². The highest BCUT2D eigenvalue weighted by molar-refractivity contribution is 14.0. The van der Waals surface area contributed by atoms with Crippen LogP contribution in [-0.4, -0.2) is 44.2 Å². The van der Waals surface area contributed by atoms with E-state index in [4.69, 9.17) is 4.74 Å². The molecule has 8 heteroatoms. The molecule has 1 heterocycles. The average Bonchev–Trinajstić information content (AvgIpc) is 3.05. The minimum Gasteiger partial charge on any atom is -0.465 e. The second-order valence-electron chi connectivity index (χ2n) is 5.48. The van der Waals surface area contributed by atoms with E-state index in [0.29, 0.717) is 5.56 Å². The monoisotopic (exact) mass is 488 g/mol. The van der Waals surface area contributed by atoms with Crippen molar-refractivity contribution in [2.24, 2.45) is 4.99 Å². The van der Waals surface area contributed by atoms with E-state index in [9.17, 15) is 4.79 Å². The molecule has 0 unspecified atom stereocenters. The van der Waals surface area contributed by atoms with Gasteiger partial charge in [-0.25, -0.2) is 9.78 Å². The molecule has 26 heavy (non-hydrogen) atoms. The lowest BCUT2D eigenvalue weighted by Gasteiger charge is -2.11. The molecule has 0 radical (unpaired) electrons. The number of hydrogen-bond donors (Lipinski definition) is 2. The first kappa shape index (κ1) is 22.4. The number of benzene rings is 1. The third-order valence-electron chi connectivity index (χ3n) is 3.61. The number of methoxy groups -OCH3 is 1. The summed E-state index contributed by atoms with van der Waals surface area (Å²) in [6.45, 7) is 3.61. The third-order valence-corrected chi connectivity index (χ3v) is 4.58. The molecule has 142 valence electrons. The van der Waals surface area contributed by atoms with Crippen LogP contribution in [0.1, 0.15) is 25.8 Å². The van der Waals surface area contributed by atoms with E-state index in [2.05, 4.69) is 27.5 Å². The number of esters is 1. The minimum absolute atomic E-state index is 0. The number of hydrogen-bond acceptors (Lipinski definition) is 5. The average molecular weight is 488 g/mol. The third kappa shape index (κ3) is 7.28. The van der Waals surface area contributed by atoms with Gasteiger partial charge in [0.1, 0.15) is 0 Å². The lowest BCUT2D eigenvalue weighted by atomic mass is 10.1. The van der Waals surface area contributed by atoms with Crippen molar-refractivity contribution in [3.8, 4) is 0 Å². The Balaban J connectivity index is 0.00000338. The van der Waals surface area contributed by atoms with Gasteiger partial charge < -0.3 is 15.4 Å². The SMILES string of the molecule is CN=C(NCCc1ccc(C(=O)OC)cc1)NCCc1ncc(C)s1.I. The van der Waals surface area contributed by atoms with Crippen molar-refractivity contribution in [3.63, 3.8) is 0 Å². The Labute approximate surface area is 175 Å². The van der Waals surface area contributed by atoms with Gasteiger partial charge in [0.25, 0.3) is 0 Å². The Morgan fingerprint density at radius 3 is 2.38 bits per heavy atom. The number of ether oxygens (including phenoxy) is 1. The van der Waals surface area contributed by atoms with Crippen LogP contribution in [-0.2, 0) is 17.6 Å². The fraction of sp³-hybridized carbons (Fsp3) is 0.389. The largest absolute Gasteiger partial charge is 0.465 e. The first-order chi connectivity index (χ1) is 12.1. The van der Waals surface area contributed by atoms with Gasteiger partial charge in [-0.2, -0.15) is 0 Å². The number of nitrogens with zero attached hydrogens (tertiary/aromatic N) is 2. The maximum absolute atomic E-state index is 11.4. The highest BCUT2D eigenvalue weighted by atomic mass is 127. The lowest BCUT2D eigenvalue weighted by Crippen LogP contribution is -2.39. The molecule has 0 fully saturated rings. The van der Waals surface area contributed by atoms with Crippen LogP contribution in [0.3, 0.4) is 0 Å². The lowest BCUT2D eigenvalue weighted by molar-refractivity contribution is 0.0600. The van der Waals surface area contributed by atoms with Crippen LogP contribution in [0.2, 0.25) is 0 Å². The molecule has 0 saturated carbocycles. The predicted molar refractivity (Wildman–Crippen MR) is 117 cm³/mol. The molecule has 2 N–H and O–H groups in total. The van der Waals surface area contributed by atoms with Gasteiger partial charge in [0.05, 0.1) is 17.7 Å². The Hall–Kier alpha value is -1.68. The Kier molecular flexibility index (Phi) is 10.2. The molecule has 0 atom stereocenters. The van der Waals surface area contributed by atoms with Gasteiger partial charge in [-0.3, -0.25) is 4.99 Å². The molecule has 0 saturated heterocycles. The zero-order chi connectivity index (χ0) is 18.1. The normalized spacial score (nSPS) is 10.8. The summed E-state index contributed by atoms with van der Waals surface area (Å²) >= 11 is 1.72. The van der Waals surface area contributed by atoms with Crippen molar-refractivity contribution in [2.45, 2.75) is 19.8 Å². The standard InChI is InChI=1S/C18H24N4O2S.HI/c1-13-12-22-16(25-13)9-11-21-18(19-2)20-10-8-14-4-6-15(7-5-14)17(23)24-3;/h4-7,12H,8-11H2,1-3H3,(H2,19,20,21);1H. The molecular formula is C18H25IN4O2S. The van der Waals surface area contributed by atoms with Crippen LogP contribution in [0, 0.1) is 6.92 Å². The number of aliphatic imine (C=N–C) groups is 1. The first-order valence-electron chi connectivity index (χ1n) is 8.15. The maximum Gasteiger partial charge on any atom is 0.337 e. The summed E-state index contributed by atoms with van der Waals surface area (Å²) in [5.74, 6) is 0.462. The second-order valence-corrected chi connectivity index (χ2v) is 6.80. The summed E-state index contributed by atoms with van der Waals surface area (Å²) < 4.78 is 4.70. The quantitative estimate of drug-likeness (QED) is 0.272. The number of thiazole rings is 1. The summed E-state index contributed by atoms with van der Waals surface area (Å²) in [4.78, 5) is 21.2. The molecule has 0 aliphatic heterocycles. The fourth-order valence-corrected chi connectivity index (χ4v) is 3.06. The summed E-state index contributed by atoms with van der Waals surface area (Å²) in [5, 5.41) is 7.71. The van der Waals surface area contributed by atoms with Crippen LogP contribution < -0.4 is 10.6 Å². The zero-order valence-electron chi connectivity index (χ0n) is 15.2. The number of aromatic nitrogens is 1. The summed E-state index contributed by atoms with van der Waals surface area (Å²) in [6, 6.07) is 7.44. The van der Waals surface area contributed by atoms with Crippen molar-refractivity contribution in [3.05, 3.63) is 51.5 Å². The van der Waals surface area contributed by atoms with Crippen molar-refractivity contribution >= 4 is 47.2 Å². The molecule has 1 aromatic carbocycles. The van der Waals surface area contributed by atoms with Gasteiger partial charge in [0, 0.05) is 37.6 Å². The van der Waals surface area contributed by atoms with E-state index >= 15 is 0 Å². The number of halogens is 1. The van der Waals surface area contributed by atoms with E-state index in [1.807, 2.05) is 18.3 Å². The molecule has 1 aromatic heterocycles. The predicted octanol–water partition coefficient (Wildman–Crippen LogP) is 2.81. The first-order valence-corrected chi connectivity index (χ1v) is 8.97. The Morgan fingerprint density at radius 1 is 1.19 bits per heavy atom. The summed E-state index contributed by atoms with van der Waals surface area (Å²) in [6.07, 6.45) is 3.63. The van der Waals surface area contributed by atoms with Crippen molar-refractivity contribution < 1.29 is 9.53 Å². The van der Waals surface area contributed by atoms with Crippen molar-refractivity contribution in [2.75, 3.05) is 27.2 Å². The number of rotatable bonds is 7. The van der Waals surface area contributed by atoms with E-state index in [0.717, 1.165) is 42.5 Å². The maximum atomic E-state index is 11.4. The highest BCUT2D eigenvalue weighted by Gasteiger charge is 2.05. The van der Waals surface area contributed by atoms with E-state index in [1.54, 1.807) is 30.5 Å². The van der Waals surface area contributed by atoms with Crippen LogP contribution in [0.4, 0.5) is 0 Å². The zero-order valence-corrected chi connectivity index (χ0v) is 18.4. The molecule has 2 rings (SSSR count). The van der Waals surface area contributed by atoms with Crippen LogP contribution >= 0.6 is 35.3 Å². The Bertz CT molecular complexity index is 716. The van der Waals surface area contributed by atoms with E-state index in [1.165, 1.54) is 12.0 Å². The highest BCUT2D eigenvalue weighted by Crippen LogP contribution is 2.10. The Morgan fingerprint density at radius 2 is 1.85 bits per heavy atom. The van der Waals surface area contributed by atoms with Crippen molar-refractivity contribution in [1.29, 1.82) is 0 Å². The molecule has 6 nitrogen and oxygen atoms in total. The van der Waals surface area contributed by atoms with E-state index in [-0.39, 0.29) is 29.9 Å². The van der Waals surface area contributed by atoms with Gasteiger partial charge in [-0.05, 0) is 31.0 Å². The molecule has 2 aromatic rings. The van der Waals surface area contributed by atoms with Crippen LogP contribution in [0.25, 0.3) is 0 Å². The molecule has 0 amide bonds. The number of guanidine groups is 1. The number of carbonyl (C=O) groups excluding carboxylic acids is 1. The number of aryl methyl sites for hydroxylation is 1. The topological polar surface area (TPSA) is 75.6 Å². The second kappa shape index (κ2) is 11.8. The van der Waals surface area contributed by atoms with Crippen LogP contribution in [0.5, 0.6) is 0 Å². The van der Waals surface area contributed by atoms with Gasteiger partial charge >= 0.3 is 5.97 Å². The number of carbonyl (C=O) groups is 1. The molecule has 0 bridgehead atoms. The molecule has 0 aliphatic carbocycles. The number of nitrogens with one attached hydrogen (secondary N) is 2. The van der Waals surface area contributed by atoms with Crippen LogP contribution in [0.15, 0.2) is 35.5 Å². The molecule has 0 aliphatic rings. The summed E-state index contributed by atoms with van der Waals surface area (Å²) in [7, 11) is 3.14. The van der Waals surface area contributed by atoms with Gasteiger partial charge in [0.15, 0.2) is 5.96 Å². The molecule has 0 spiro atoms.